The molecule has 0 nitrogen and oxygen atoms in total. The first kappa shape index (κ1) is 23.9. The lowest BCUT2D eigenvalue weighted by Crippen LogP contribution is -2.49. The molecule has 0 saturated heterocycles. The van der Waals surface area contributed by atoms with Gasteiger partial charge in [0, 0.05) is 0 Å². The second-order valence-corrected chi connectivity index (χ2v) is 10.7. The molecule has 0 N–H and O–H groups in total. The Morgan fingerprint density at radius 1 is 0.517 bits per heavy atom. The molecule has 0 unspecified atom stereocenters. The maximum atomic E-state index is 2.53. The summed E-state index contributed by atoms with van der Waals surface area (Å²) in [4.78, 5) is 0. The van der Waals surface area contributed by atoms with Crippen molar-refractivity contribution in [2.45, 2.75) is 106 Å². The van der Waals surface area contributed by atoms with Gasteiger partial charge in [-0.1, -0.05) is 91.6 Å². The molecular weight excluding hydrogens is 364 g/mol. The molecule has 0 saturated carbocycles. The lowest BCUT2D eigenvalue weighted by molar-refractivity contribution is 0.876. The van der Waals surface area contributed by atoms with E-state index in [0.29, 0.717) is 0 Å². The minimum Gasteiger partial charge on any atom is -0.0654 e. The van der Waals surface area contributed by atoms with Crippen molar-refractivity contribution in [3.05, 3.63) is 57.6 Å². The van der Waals surface area contributed by atoms with Gasteiger partial charge in [-0.25, -0.2) is 0 Å². The lowest BCUT2D eigenvalue weighted by atomic mass is 10.0. The zero-order chi connectivity index (χ0) is 21.4. The molecule has 29 heavy (non-hydrogen) atoms. The maximum absolute atomic E-state index is 2.53. The van der Waals surface area contributed by atoms with Crippen LogP contribution in [0.3, 0.4) is 0 Å². The molecule has 2 aromatic rings. The lowest BCUT2D eigenvalue weighted by Gasteiger charge is -2.28. The molecule has 0 aliphatic heterocycles. The Hall–Kier alpha value is -1.34. The van der Waals surface area contributed by atoms with Crippen LogP contribution in [0.4, 0.5) is 0 Å². The third kappa shape index (κ3) is 5.42. The zero-order valence-electron chi connectivity index (χ0n) is 20.2. The van der Waals surface area contributed by atoms with E-state index < -0.39 is 8.80 Å². The van der Waals surface area contributed by atoms with Crippen LogP contribution in [0.2, 0.25) is 6.04 Å². The van der Waals surface area contributed by atoms with E-state index in [-0.39, 0.29) is 0 Å². The van der Waals surface area contributed by atoms with Crippen molar-refractivity contribution < 1.29 is 0 Å². The van der Waals surface area contributed by atoms with Crippen LogP contribution in [0.15, 0.2) is 24.3 Å². The maximum Gasteiger partial charge on any atom is 0.122 e. The summed E-state index contributed by atoms with van der Waals surface area (Å²) >= 11 is 0. The fourth-order valence-corrected chi connectivity index (χ4v) is 8.71. The van der Waals surface area contributed by atoms with E-state index in [1.165, 1.54) is 30.0 Å². The van der Waals surface area contributed by atoms with Crippen molar-refractivity contribution in [3.8, 4) is 0 Å². The number of hydrogen-bond acceptors (Lipinski definition) is 0. The van der Waals surface area contributed by atoms with Crippen molar-refractivity contribution in [1.29, 1.82) is 0 Å². The third-order valence-electron chi connectivity index (χ3n) is 6.45. The molecular formula is C28H43Si. The molecule has 0 aliphatic carbocycles. The first-order valence-corrected chi connectivity index (χ1v) is 13.9. The second kappa shape index (κ2) is 11.7. The topological polar surface area (TPSA) is 0 Å². The minimum absolute atomic E-state index is 0.779. The Labute approximate surface area is 182 Å². The summed E-state index contributed by atoms with van der Waals surface area (Å²) in [6.45, 7) is 16.4. The van der Waals surface area contributed by atoms with Gasteiger partial charge in [-0.2, -0.15) is 0 Å². The molecule has 0 spiro atoms. The van der Waals surface area contributed by atoms with Gasteiger partial charge in [-0.15, -0.1) is 0 Å². The largest absolute Gasteiger partial charge is 0.122 e. The van der Waals surface area contributed by atoms with E-state index >= 15 is 0 Å². The number of aryl methyl sites for hydroxylation is 6. The molecule has 0 atom stereocenters. The Morgan fingerprint density at radius 3 is 1.10 bits per heavy atom. The van der Waals surface area contributed by atoms with Gasteiger partial charge >= 0.3 is 0 Å². The number of rotatable bonds is 11. The van der Waals surface area contributed by atoms with Gasteiger partial charge in [-0.05, 0) is 82.3 Å². The second-order valence-electron chi connectivity index (χ2n) is 8.28. The highest BCUT2D eigenvalue weighted by atomic mass is 28.3. The molecule has 159 valence electrons. The van der Waals surface area contributed by atoms with Gasteiger partial charge in [0.05, 0.1) is 0 Å². The first-order chi connectivity index (χ1) is 14.1. The van der Waals surface area contributed by atoms with Crippen LogP contribution >= 0.6 is 0 Å². The van der Waals surface area contributed by atoms with Crippen LogP contribution in [-0.4, -0.2) is 8.80 Å². The van der Waals surface area contributed by atoms with Crippen molar-refractivity contribution >= 4 is 19.2 Å². The Kier molecular flexibility index (Phi) is 9.69. The van der Waals surface area contributed by atoms with Crippen LogP contribution in [0, 0.1) is 0 Å². The van der Waals surface area contributed by atoms with Gasteiger partial charge in [0.25, 0.3) is 0 Å². The van der Waals surface area contributed by atoms with Gasteiger partial charge in [0.15, 0.2) is 0 Å². The summed E-state index contributed by atoms with van der Waals surface area (Å²) in [6, 6.07) is 11.5. The fourth-order valence-electron chi connectivity index (χ4n) is 4.71. The molecule has 2 aromatic carbocycles. The van der Waals surface area contributed by atoms with Crippen LogP contribution in [-0.2, 0) is 38.5 Å². The third-order valence-corrected chi connectivity index (χ3v) is 9.79. The van der Waals surface area contributed by atoms with Crippen molar-refractivity contribution in [2.24, 2.45) is 0 Å². The van der Waals surface area contributed by atoms with E-state index in [1.54, 1.807) is 32.6 Å². The van der Waals surface area contributed by atoms with Gasteiger partial charge in [0.2, 0.25) is 0 Å². The summed E-state index contributed by atoms with van der Waals surface area (Å²) < 4.78 is 0. The van der Waals surface area contributed by atoms with E-state index in [4.69, 9.17) is 0 Å². The summed E-state index contributed by atoms with van der Waals surface area (Å²) in [5.74, 6) is 0. The molecule has 1 radical (unpaired) electrons. The Morgan fingerprint density at radius 2 is 0.862 bits per heavy atom. The van der Waals surface area contributed by atoms with Gasteiger partial charge in [0.1, 0.15) is 8.80 Å². The Bertz CT molecular complexity index is 673. The highest BCUT2D eigenvalue weighted by Crippen LogP contribution is 2.19. The van der Waals surface area contributed by atoms with Crippen molar-refractivity contribution in [3.63, 3.8) is 0 Å². The zero-order valence-corrected chi connectivity index (χ0v) is 21.2. The summed E-state index contributed by atoms with van der Waals surface area (Å²) in [5, 5.41) is 3.53. The standard InChI is InChI=1S/C28H43Si/c1-8-15-16-29(27-23(11-4)17-21(9-2)18-24(27)12-5)28-25(13-6)19-22(10-3)20-26(28)14-7/h17-20H,8-16H2,1-7H3. The molecule has 0 bridgehead atoms. The summed E-state index contributed by atoms with van der Waals surface area (Å²) in [7, 11) is -0.779. The molecule has 0 heterocycles. The highest BCUT2D eigenvalue weighted by Gasteiger charge is 2.26. The smallest absolute Gasteiger partial charge is 0.0654 e. The number of hydrogen-bond donors (Lipinski definition) is 0. The predicted octanol–water partition coefficient (Wildman–Crippen LogP) is 6.47. The van der Waals surface area contributed by atoms with Crippen LogP contribution < -0.4 is 10.4 Å². The van der Waals surface area contributed by atoms with Gasteiger partial charge < -0.3 is 0 Å². The van der Waals surface area contributed by atoms with E-state index in [1.807, 2.05) is 0 Å². The van der Waals surface area contributed by atoms with Gasteiger partial charge in [-0.3, -0.25) is 0 Å². The molecule has 0 amide bonds. The molecule has 2 rings (SSSR count). The van der Waals surface area contributed by atoms with Crippen LogP contribution in [0.1, 0.15) is 94.7 Å². The van der Waals surface area contributed by atoms with E-state index in [9.17, 15) is 0 Å². The SMILES string of the molecule is CCCC[Si](c1c(CC)cc(CC)cc1CC)c1c(CC)cc(CC)cc1CC. The highest BCUT2D eigenvalue weighted by molar-refractivity contribution is 6.86. The molecule has 0 fully saturated rings. The first-order valence-electron chi connectivity index (χ1n) is 12.2. The average Bonchev–Trinajstić information content (AvgIpc) is 2.78. The van der Waals surface area contributed by atoms with E-state index in [2.05, 4.69) is 72.7 Å². The minimum atomic E-state index is -0.779. The van der Waals surface area contributed by atoms with Crippen LogP contribution in [0.25, 0.3) is 0 Å². The normalized spacial score (nSPS) is 11.4. The quantitative estimate of drug-likeness (QED) is 0.374. The average molecular weight is 408 g/mol. The Balaban J connectivity index is 2.80. The summed E-state index contributed by atoms with van der Waals surface area (Å²) in [6.07, 6.45) is 9.56. The number of unbranched alkanes of at least 4 members (excludes halogenated alkanes) is 1. The van der Waals surface area contributed by atoms with Crippen molar-refractivity contribution in [2.75, 3.05) is 0 Å². The van der Waals surface area contributed by atoms with Crippen LogP contribution in [0.5, 0.6) is 0 Å². The molecule has 1 heteroatoms. The number of benzene rings is 2. The predicted molar refractivity (Wildman–Crippen MR) is 134 cm³/mol. The van der Waals surface area contributed by atoms with Crippen molar-refractivity contribution in [1.82, 2.24) is 0 Å². The monoisotopic (exact) mass is 407 g/mol. The molecule has 0 aliphatic rings. The fraction of sp³-hybridized carbons (Fsp3) is 0.571. The molecule has 0 aromatic heterocycles. The summed E-state index contributed by atoms with van der Waals surface area (Å²) in [5.41, 5.74) is 9.58. The van der Waals surface area contributed by atoms with E-state index in [0.717, 1.165) is 38.5 Å².